The number of hydrogen-bond donors (Lipinski definition) is 2. The van der Waals surface area contributed by atoms with E-state index in [0.29, 0.717) is 36.9 Å². The Morgan fingerprint density at radius 3 is 2.30 bits per heavy atom. The van der Waals surface area contributed by atoms with E-state index in [4.69, 9.17) is 4.74 Å². The van der Waals surface area contributed by atoms with Crippen molar-refractivity contribution in [2.45, 2.75) is 57.2 Å². The van der Waals surface area contributed by atoms with Gasteiger partial charge in [-0.15, -0.1) is 0 Å². The summed E-state index contributed by atoms with van der Waals surface area (Å²) in [5.74, 6) is -1.70. The fourth-order valence-electron chi connectivity index (χ4n) is 7.09. The molecule has 43 heavy (non-hydrogen) atoms. The molecule has 3 fully saturated rings. The Morgan fingerprint density at radius 1 is 0.930 bits per heavy atom. The van der Waals surface area contributed by atoms with Gasteiger partial charge in [-0.2, -0.15) is 0 Å². The number of piperidine rings is 1. The molecule has 0 radical (unpaired) electrons. The molecule has 4 atom stereocenters. The molecular weight excluding hydrogens is 543 g/mol. The van der Waals surface area contributed by atoms with Gasteiger partial charge in [0.05, 0.1) is 36.8 Å². The minimum absolute atomic E-state index is 0.0255. The highest BCUT2D eigenvalue weighted by Gasteiger charge is 2.51. The number of hydrogen-bond acceptors (Lipinski definition) is 5. The fourth-order valence-corrected chi connectivity index (χ4v) is 7.09. The van der Waals surface area contributed by atoms with Crippen LogP contribution in [0.2, 0.25) is 0 Å². The number of nitrogens with one attached hydrogen (secondary N) is 2. The van der Waals surface area contributed by atoms with Gasteiger partial charge in [0.1, 0.15) is 5.82 Å². The van der Waals surface area contributed by atoms with E-state index in [1.54, 1.807) is 24.0 Å². The average Bonchev–Trinajstić information content (AvgIpc) is 3.69. The molecule has 2 heterocycles. The molecule has 226 valence electrons. The number of halogens is 1. The molecule has 2 saturated heterocycles. The van der Waals surface area contributed by atoms with Crippen LogP contribution in [0.3, 0.4) is 0 Å². The Labute approximate surface area is 253 Å². The lowest BCUT2D eigenvalue weighted by Gasteiger charge is -2.47. The highest BCUT2D eigenvalue weighted by molar-refractivity contribution is 5.98. The van der Waals surface area contributed by atoms with E-state index < -0.39 is 23.7 Å². The minimum atomic E-state index is -0.587. The summed E-state index contributed by atoms with van der Waals surface area (Å²) in [6.07, 6.45) is 5.37. The number of anilines is 3. The van der Waals surface area contributed by atoms with E-state index in [-0.39, 0.29) is 23.4 Å². The van der Waals surface area contributed by atoms with Gasteiger partial charge in [0.25, 0.3) is 5.91 Å². The molecule has 0 spiro atoms. The number of rotatable bonds is 7. The number of likely N-dealkylation sites (tertiary alicyclic amines) is 1. The monoisotopic (exact) mass is 584 g/mol. The summed E-state index contributed by atoms with van der Waals surface area (Å²) in [4.78, 5) is 32.2. The Morgan fingerprint density at radius 2 is 1.63 bits per heavy atom. The van der Waals surface area contributed by atoms with Gasteiger partial charge in [-0.05, 0) is 79.8 Å². The standard InChI is InChI=1S/C35H41FN4O3/c1-22-7-6-10-30(36)32(22)35(42)40-31-21-43-20-24(31)19-29(34(41)38-27-15-17-28(18-16-27)39(2)3)33(40)23-11-13-26(14-12-23)37-25-8-4-5-9-25/h6-7,10-18,24-25,29,31,33,37H,4-5,8-9,19-21H2,1-3H3,(H,38,41)/t24-,29-,31+,33-/m0/s1. The van der Waals surface area contributed by atoms with Crippen LogP contribution in [0.25, 0.3) is 0 Å². The van der Waals surface area contributed by atoms with E-state index in [0.717, 1.165) is 29.8 Å². The van der Waals surface area contributed by atoms with Gasteiger partial charge in [0.2, 0.25) is 5.91 Å². The first-order valence-corrected chi connectivity index (χ1v) is 15.4. The van der Waals surface area contributed by atoms with Gasteiger partial charge >= 0.3 is 0 Å². The van der Waals surface area contributed by atoms with Crippen LogP contribution in [-0.2, 0) is 9.53 Å². The van der Waals surface area contributed by atoms with Crippen LogP contribution in [0.5, 0.6) is 0 Å². The maximum Gasteiger partial charge on any atom is 0.257 e. The lowest BCUT2D eigenvalue weighted by Crippen LogP contribution is -2.55. The molecule has 1 saturated carbocycles. The van der Waals surface area contributed by atoms with E-state index in [2.05, 4.69) is 10.6 Å². The summed E-state index contributed by atoms with van der Waals surface area (Å²) in [6, 6.07) is 20.1. The van der Waals surface area contributed by atoms with Crippen molar-refractivity contribution in [1.29, 1.82) is 0 Å². The summed E-state index contributed by atoms with van der Waals surface area (Å²) in [6.45, 7) is 2.58. The highest BCUT2D eigenvalue weighted by Crippen LogP contribution is 2.46. The Hall–Kier alpha value is -3.91. The molecule has 8 heteroatoms. The first kappa shape index (κ1) is 29.2. The van der Waals surface area contributed by atoms with Crippen molar-refractivity contribution >= 4 is 28.9 Å². The van der Waals surface area contributed by atoms with E-state index in [1.807, 2.05) is 67.5 Å². The van der Waals surface area contributed by atoms with Crippen molar-refractivity contribution in [3.05, 3.63) is 89.2 Å². The zero-order valence-electron chi connectivity index (χ0n) is 25.2. The Bertz CT molecular complexity index is 1430. The summed E-state index contributed by atoms with van der Waals surface area (Å²) in [5.41, 5.74) is 4.23. The van der Waals surface area contributed by atoms with Crippen LogP contribution >= 0.6 is 0 Å². The molecule has 3 aliphatic rings. The van der Waals surface area contributed by atoms with Gasteiger partial charge in [-0.25, -0.2) is 4.39 Å². The predicted octanol–water partition coefficient (Wildman–Crippen LogP) is 6.41. The number of carbonyl (C=O) groups excluding carboxylic acids is 2. The maximum atomic E-state index is 15.2. The number of carbonyl (C=O) groups is 2. The van der Waals surface area contributed by atoms with E-state index >= 15 is 4.39 Å². The minimum Gasteiger partial charge on any atom is -0.382 e. The molecule has 2 aliphatic heterocycles. The Balaban J connectivity index is 1.37. The summed E-state index contributed by atoms with van der Waals surface area (Å²) in [5, 5.41) is 6.75. The third-order valence-corrected chi connectivity index (χ3v) is 9.40. The van der Waals surface area contributed by atoms with Crippen molar-refractivity contribution in [3.8, 4) is 0 Å². The van der Waals surface area contributed by atoms with Crippen LogP contribution in [0.15, 0.2) is 66.7 Å². The number of ether oxygens (including phenoxy) is 1. The third kappa shape index (κ3) is 5.98. The first-order chi connectivity index (χ1) is 20.8. The maximum absolute atomic E-state index is 15.2. The molecule has 0 bridgehead atoms. The van der Waals surface area contributed by atoms with Crippen molar-refractivity contribution in [1.82, 2.24) is 4.90 Å². The van der Waals surface area contributed by atoms with Crippen LogP contribution in [0.4, 0.5) is 21.5 Å². The number of aryl methyl sites for hydroxylation is 1. The molecule has 1 aliphatic carbocycles. The smallest absolute Gasteiger partial charge is 0.257 e. The zero-order chi connectivity index (χ0) is 30.1. The average molecular weight is 585 g/mol. The molecule has 7 nitrogen and oxygen atoms in total. The van der Waals surface area contributed by atoms with Crippen molar-refractivity contribution in [2.75, 3.05) is 42.8 Å². The molecular formula is C35H41FN4O3. The summed E-state index contributed by atoms with van der Waals surface area (Å²) >= 11 is 0. The van der Waals surface area contributed by atoms with Gasteiger partial charge in [0, 0.05) is 43.1 Å². The quantitative estimate of drug-likeness (QED) is 0.336. The normalized spacial score (nSPS) is 23.6. The van der Waals surface area contributed by atoms with Crippen LogP contribution < -0.4 is 15.5 Å². The zero-order valence-corrected chi connectivity index (χ0v) is 25.2. The highest BCUT2D eigenvalue weighted by atomic mass is 19.1. The van der Waals surface area contributed by atoms with Crippen LogP contribution in [-0.4, -0.2) is 56.1 Å². The molecule has 0 unspecified atom stereocenters. The number of fused-ring (bicyclic) bond motifs is 1. The van der Waals surface area contributed by atoms with Crippen molar-refractivity contribution < 1.29 is 18.7 Å². The number of nitrogens with zero attached hydrogens (tertiary/aromatic N) is 2. The molecule has 2 amide bonds. The number of amides is 2. The van der Waals surface area contributed by atoms with Crippen molar-refractivity contribution in [2.24, 2.45) is 11.8 Å². The van der Waals surface area contributed by atoms with E-state index in [9.17, 15) is 9.59 Å². The second-order valence-corrected chi connectivity index (χ2v) is 12.5. The van der Waals surface area contributed by atoms with E-state index in [1.165, 1.54) is 18.9 Å². The first-order valence-electron chi connectivity index (χ1n) is 15.4. The SMILES string of the molecule is Cc1cccc(F)c1C(=O)N1[C@@H]2COC[C@@H]2C[C@H](C(=O)Nc2ccc(N(C)C)cc2)[C@@H]1c1ccc(NC2CCCC2)cc1. The Kier molecular flexibility index (Phi) is 8.39. The van der Waals surface area contributed by atoms with Crippen LogP contribution in [0.1, 0.15) is 59.6 Å². The summed E-state index contributed by atoms with van der Waals surface area (Å²) in [7, 11) is 3.94. The van der Waals surface area contributed by atoms with Gasteiger partial charge in [0.15, 0.2) is 0 Å². The second kappa shape index (κ2) is 12.4. The van der Waals surface area contributed by atoms with Crippen molar-refractivity contribution in [3.63, 3.8) is 0 Å². The van der Waals surface area contributed by atoms with Gasteiger partial charge in [-0.3, -0.25) is 9.59 Å². The van der Waals surface area contributed by atoms with Crippen LogP contribution in [0, 0.1) is 24.6 Å². The lowest BCUT2D eigenvalue weighted by atomic mass is 9.76. The topological polar surface area (TPSA) is 73.9 Å². The second-order valence-electron chi connectivity index (χ2n) is 12.5. The number of benzene rings is 3. The van der Waals surface area contributed by atoms with Gasteiger partial charge < -0.3 is 25.2 Å². The summed E-state index contributed by atoms with van der Waals surface area (Å²) < 4.78 is 21.1. The third-order valence-electron chi connectivity index (χ3n) is 9.40. The molecule has 3 aromatic rings. The molecule has 3 aromatic carbocycles. The largest absolute Gasteiger partial charge is 0.382 e. The fraction of sp³-hybridized carbons (Fsp3) is 0.429. The predicted molar refractivity (Wildman–Crippen MR) is 168 cm³/mol. The molecule has 6 rings (SSSR count). The van der Waals surface area contributed by atoms with Gasteiger partial charge in [-0.1, -0.05) is 37.1 Å². The lowest BCUT2D eigenvalue weighted by molar-refractivity contribution is -0.124. The molecule has 0 aromatic heterocycles. The molecule has 2 N–H and O–H groups in total.